The van der Waals surface area contributed by atoms with Gasteiger partial charge in [-0.25, -0.2) is 19.6 Å². The summed E-state index contributed by atoms with van der Waals surface area (Å²) in [6.45, 7) is 4.83. The van der Waals surface area contributed by atoms with Crippen LogP contribution < -0.4 is 5.32 Å². The number of carbonyl (C=O) groups is 4. The van der Waals surface area contributed by atoms with Crippen molar-refractivity contribution in [1.29, 1.82) is 0 Å². The number of likely N-dealkylation sites (N-methyl/N-ethyl adjacent to an activating group) is 1. The van der Waals surface area contributed by atoms with Gasteiger partial charge in [-0.1, -0.05) is 80.6 Å². The third-order valence-corrected chi connectivity index (χ3v) is 12.1. The molecular formula is C46H51N9O6. The van der Waals surface area contributed by atoms with E-state index in [9.17, 15) is 24.3 Å². The van der Waals surface area contributed by atoms with Crippen molar-refractivity contribution in [2.75, 3.05) is 27.2 Å². The van der Waals surface area contributed by atoms with E-state index in [0.29, 0.717) is 31.2 Å². The van der Waals surface area contributed by atoms with E-state index in [1.165, 1.54) is 14.2 Å². The van der Waals surface area contributed by atoms with Crippen LogP contribution in [-0.4, -0.2) is 108 Å². The Morgan fingerprint density at radius 3 is 1.85 bits per heavy atom. The molecule has 2 fully saturated rings. The summed E-state index contributed by atoms with van der Waals surface area (Å²) in [6, 6.07) is 22.2. The summed E-state index contributed by atoms with van der Waals surface area (Å²) in [7, 11) is 2.74. The maximum atomic E-state index is 14.1. The van der Waals surface area contributed by atoms with Crippen molar-refractivity contribution in [3.05, 3.63) is 109 Å². The van der Waals surface area contributed by atoms with E-state index in [1.54, 1.807) is 17.3 Å². The number of ether oxygens (including phenoxy) is 1. The average Bonchev–Trinajstić information content (AvgIpc) is 4.13. The highest BCUT2D eigenvalue weighted by Crippen LogP contribution is 2.35. The zero-order valence-electron chi connectivity index (χ0n) is 34.7. The molecule has 2 aliphatic rings. The number of H-pyrrole nitrogens is 3. The second kappa shape index (κ2) is 17.4. The van der Waals surface area contributed by atoms with Crippen LogP contribution in [0.1, 0.15) is 68.8 Å². The number of methoxy groups -OCH3 is 1. The number of alkyl carbamates (subject to hydrolysis) is 1. The molecule has 0 radical (unpaired) electrons. The van der Waals surface area contributed by atoms with Crippen molar-refractivity contribution >= 4 is 34.9 Å². The lowest BCUT2D eigenvalue weighted by Gasteiger charge is -2.33. The van der Waals surface area contributed by atoms with E-state index < -0.39 is 24.3 Å². The Morgan fingerprint density at radius 2 is 1.33 bits per heavy atom. The van der Waals surface area contributed by atoms with E-state index in [2.05, 4.69) is 49.5 Å². The minimum Gasteiger partial charge on any atom is -0.465 e. The number of rotatable bonds is 12. The molecule has 2 saturated heterocycles. The molecule has 0 aliphatic carbocycles. The minimum absolute atomic E-state index is 0.177. The number of hydrogen-bond donors (Lipinski definition) is 5. The topological polar surface area (TPSA) is 193 Å². The quantitative estimate of drug-likeness (QED) is 0.0835. The first-order valence-corrected chi connectivity index (χ1v) is 20.8. The van der Waals surface area contributed by atoms with Crippen molar-refractivity contribution in [3.63, 3.8) is 0 Å². The van der Waals surface area contributed by atoms with Crippen molar-refractivity contribution in [3.8, 4) is 33.6 Å². The highest BCUT2D eigenvalue weighted by Gasteiger charge is 2.40. The molecule has 15 nitrogen and oxygen atoms in total. The van der Waals surface area contributed by atoms with Crippen LogP contribution in [0.5, 0.6) is 0 Å². The zero-order valence-corrected chi connectivity index (χ0v) is 34.7. The number of nitrogens with one attached hydrogen (secondary N) is 4. The Kier molecular flexibility index (Phi) is 11.6. The number of likely N-dealkylation sites (tertiary alicyclic amines) is 2. The van der Waals surface area contributed by atoms with E-state index in [-0.39, 0.29) is 29.8 Å². The first-order chi connectivity index (χ1) is 29.5. The van der Waals surface area contributed by atoms with Crippen molar-refractivity contribution in [2.45, 2.75) is 70.1 Å². The molecule has 5 heterocycles. The second-order valence-electron chi connectivity index (χ2n) is 16.2. The van der Waals surface area contributed by atoms with Crippen LogP contribution in [0.2, 0.25) is 0 Å². The monoisotopic (exact) mass is 825 g/mol. The third-order valence-electron chi connectivity index (χ3n) is 12.1. The minimum atomic E-state index is -1.13. The Morgan fingerprint density at radius 1 is 0.803 bits per heavy atom. The number of imidazole rings is 2. The summed E-state index contributed by atoms with van der Waals surface area (Å²) >= 11 is 0. The van der Waals surface area contributed by atoms with Gasteiger partial charge in [0.1, 0.15) is 23.7 Å². The third kappa shape index (κ3) is 8.32. The van der Waals surface area contributed by atoms with Crippen LogP contribution >= 0.6 is 0 Å². The van der Waals surface area contributed by atoms with Crippen LogP contribution in [0.4, 0.5) is 9.59 Å². The van der Waals surface area contributed by atoms with Gasteiger partial charge in [-0.05, 0) is 65.5 Å². The molecule has 15 heteroatoms. The maximum absolute atomic E-state index is 14.1. The molecule has 5 N–H and O–H groups in total. The Hall–Kier alpha value is -6.90. The smallest absolute Gasteiger partial charge is 0.407 e. The second-order valence-corrected chi connectivity index (χ2v) is 16.2. The van der Waals surface area contributed by atoms with Gasteiger partial charge in [-0.3, -0.25) is 14.5 Å². The van der Waals surface area contributed by atoms with Gasteiger partial charge in [0.15, 0.2) is 0 Å². The molecule has 0 bridgehead atoms. The summed E-state index contributed by atoms with van der Waals surface area (Å²) in [5.74, 6) is 0.826. The van der Waals surface area contributed by atoms with Gasteiger partial charge < -0.3 is 39.9 Å². The number of para-hydroxylation sites is 1. The highest BCUT2D eigenvalue weighted by atomic mass is 16.5. The van der Waals surface area contributed by atoms with Crippen LogP contribution in [0.3, 0.4) is 0 Å². The van der Waals surface area contributed by atoms with Gasteiger partial charge in [-0.2, -0.15) is 0 Å². The van der Waals surface area contributed by atoms with Gasteiger partial charge in [0, 0.05) is 43.7 Å². The molecular weight excluding hydrogens is 775 g/mol. The number of benzene rings is 3. The number of nitrogens with zero attached hydrogens (tertiary/aromatic N) is 5. The van der Waals surface area contributed by atoms with E-state index in [4.69, 9.17) is 9.72 Å². The molecule has 316 valence electrons. The van der Waals surface area contributed by atoms with Gasteiger partial charge in [-0.15, -0.1) is 0 Å². The molecule has 8 rings (SSSR count). The molecule has 4 amide bonds. The number of aromatic amines is 3. The molecule has 61 heavy (non-hydrogen) atoms. The van der Waals surface area contributed by atoms with Crippen molar-refractivity contribution < 1.29 is 29.0 Å². The predicted molar refractivity (Wildman–Crippen MR) is 230 cm³/mol. The molecule has 6 aromatic rings. The standard InChI is InChI=1S/C46H51N9O6/c1-27(2)40(53(3)46(59)60)44(57)55-22-8-12-39(55)42-49-26-37(51-42)31-19-15-29(16-20-31)28-13-17-30(18-14-28)36-25-48-41(50-36)38-11-7-21-54(38)43(56)35(52-45(58)61-4)23-32-24-47-34-10-6-5-9-33(32)34/h5-6,9-10,13-20,24-27,35,38-40,47H,7-8,11-12,21-23H2,1-4H3,(H,48,50)(H,49,51)(H,52,58)(H,59,60)/t35-,38?,39-,40-/m0/s1. The predicted octanol–water partition coefficient (Wildman–Crippen LogP) is 7.54. The van der Waals surface area contributed by atoms with Crippen LogP contribution in [0, 0.1) is 5.92 Å². The number of fused-ring (bicyclic) bond motifs is 1. The summed E-state index contributed by atoms with van der Waals surface area (Å²) in [6.07, 6.45) is 7.11. The van der Waals surface area contributed by atoms with Crippen LogP contribution in [0.15, 0.2) is 91.4 Å². The van der Waals surface area contributed by atoms with E-state index in [1.807, 2.05) is 73.5 Å². The van der Waals surface area contributed by atoms with Gasteiger partial charge in [0.2, 0.25) is 11.8 Å². The molecule has 0 saturated carbocycles. The highest BCUT2D eigenvalue weighted by molar-refractivity contribution is 5.89. The Bertz CT molecular complexity index is 2520. The molecule has 2 aliphatic heterocycles. The first kappa shape index (κ1) is 40.9. The summed E-state index contributed by atoms with van der Waals surface area (Å²) in [4.78, 5) is 76.1. The van der Waals surface area contributed by atoms with Crippen LogP contribution in [-0.2, 0) is 20.7 Å². The van der Waals surface area contributed by atoms with Crippen molar-refractivity contribution in [1.82, 2.24) is 44.9 Å². The summed E-state index contributed by atoms with van der Waals surface area (Å²) < 4.78 is 4.90. The van der Waals surface area contributed by atoms with E-state index >= 15 is 0 Å². The Labute approximate surface area is 353 Å². The number of carboxylic acid groups (broad SMARTS) is 1. The number of amides is 4. The number of aromatic nitrogens is 5. The lowest BCUT2D eigenvalue weighted by molar-refractivity contribution is -0.138. The SMILES string of the molecule is COC(=O)N[C@@H](Cc1c[nH]c2ccccc12)C(=O)N1CCCC1c1ncc(-c2ccc(-c3ccc(-c4cnc([C@@H]5CCCN5C(=O)[C@H](C(C)C)N(C)C(=O)O)[nH]4)cc3)cc2)[nH]1. The summed E-state index contributed by atoms with van der Waals surface area (Å²) in [5.41, 5.74) is 7.56. The van der Waals surface area contributed by atoms with E-state index in [0.717, 1.165) is 80.7 Å². The van der Waals surface area contributed by atoms with Crippen LogP contribution in [0.25, 0.3) is 44.5 Å². The fourth-order valence-corrected chi connectivity index (χ4v) is 8.93. The fourth-order valence-electron chi connectivity index (χ4n) is 8.93. The number of carbonyl (C=O) groups excluding carboxylic acids is 3. The lowest BCUT2D eigenvalue weighted by Crippen LogP contribution is -2.51. The molecule has 1 unspecified atom stereocenters. The fraction of sp³-hybridized carbons (Fsp3) is 0.348. The lowest BCUT2D eigenvalue weighted by atomic mass is 10.0. The molecule has 3 aromatic heterocycles. The van der Waals surface area contributed by atoms with Gasteiger partial charge in [0.05, 0.1) is 43.0 Å². The maximum Gasteiger partial charge on any atom is 0.407 e. The van der Waals surface area contributed by atoms with Crippen molar-refractivity contribution in [2.24, 2.45) is 5.92 Å². The first-order valence-electron chi connectivity index (χ1n) is 20.8. The summed E-state index contributed by atoms with van der Waals surface area (Å²) in [5, 5.41) is 13.4. The molecule has 3 aromatic carbocycles. The van der Waals surface area contributed by atoms with Gasteiger partial charge >= 0.3 is 12.2 Å². The molecule has 4 atom stereocenters. The normalized spacial score (nSPS) is 17.5. The number of hydrogen-bond acceptors (Lipinski definition) is 7. The Balaban J connectivity index is 0.926. The zero-order chi connectivity index (χ0) is 42.8. The average molecular weight is 826 g/mol. The largest absolute Gasteiger partial charge is 0.465 e. The van der Waals surface area contributed by atoms with Gasteiger partial charge in [0.25, 0.3) is 0 Å². The molecule has 0 spiro atoms.